The van der Waals surface area contributed by atoms with E-state index in [0.717, 1.165) is 0 Å². The minimum Gasteiger partial charge on any atom is -0.497 e. The lowest BCUT2D eigenvalue weighted by molar-refractivity contribution is 0.0371. The van der Waals surface area contributed by atoms with Gasteiger partial charge < -0.3 is 40.3 Å². The predicted octanol–water partition coefficient (Wildman–Crippen LogP) is 4.72. The Morgan fingerprint density at radius 3 is 2.33 bits per heavy atom. The first-order chi connectivity index (χ1) is 20.2. The number of rotatable bonds is 8. The third-order valence-corrected chi connectivity index (χ3v) is 7.10. The van der Waals surface area contributed by atoms with Gasteiger partial charge in [-0.15, -0.1) is 0 Å². The van der Waals surface area contributed by atoms with Crippen molar-refractivity contribution in [3.8, 4) is 11.5 Å². The molecule has 0 unspecified atom stereocenters. The number of aliphatic hydroxyl groups is 1. The van der Waals surface area contributed by atoms with Crippen molar-refractivity contribution in [3.63, 3.8) is 0 Å². The van der Waals surface area contributed by atoms with Gasteiger partial charge in [-0.25, -0.2) is 9.59 Å². The lowest BCUT2D eigenvalue weighted by Crippen LogP contribution is -2.50. The second-order valence-electron chi connectivity index (χ2n) is 10.3. The Morgan fingerprint density at radius 1 is 1.02 bits per heavy atom. The zero-order chi connectivity index (χ0) is 30.2. The largest absolute Gasteiger partial charge is 0.497 e. The van der Waals surface area contributed by atoms with Crippen LogP contribution in [-0.4, -0.2) is 78.9 Å². The highest BCUT2D eigenvalue weighted by Gasteiger charge is 2.34. The fraction of sp³-hybridized carbons (Fsp3) is 0.323. The zero-order valence-electron chi connectivity index (χ0n) is 24.2. The number of carbonyl (C=O) groups excluding carboxylic acids is 3. The van der Waals surface area contributed by atoms with E-state index in [2.05, 4.69) is 16.0 Å². The van der Waals surface area contributed by atoms with Crippen LogP contribution in [0.3, 0.4) is 0 Å². The molecule has 0 aliphatic carbocycles. The lowest BCUT2D eigenvalue weighted by Gasteiger charge is -2.38. The summed E-state index contributed by atoms with van der Waals surface area (Å²) >= 11 is 0. The molecule has 0 spiro atoms. The van der Waals surface area contributed by atoms with Crippen LogP contribution in [0.2, 0.25) is 0 Å². The van der Waals surface area contributed by atoms with E-state index in [9.17, 15) is 19.5 Å². The minimum absolute atomic E-state index is 0.179. The van der Waals surface area contributed by atoms with Crippen molar-refractivity contribution >= 4 is 35.0 Å². The van der Waals surface area contributed by atoms with Crippen LogP contribution < -0.4 is 25.4 Å². The summed E-state index contributed by atoms with van der Waals surface area (Å²) in [6, 6.07) is 19.6. The van der Waals surface area contributed by atoms with E-state index in [0.29, 0.717) is 35.1 Å². The van der Waals surface area contributed by atoms with Gasteiger partial charge in [-0.3, -0.25) is 4.79 Å². The molecule has 3 atom stereocenters. The summed E-state index contributed by atoms with van der Waals surface area (Å²) < 4.78 is 11.5. The lowest BCUT2D eigenvalue weighted by atomic mass is 9.99. The van der Waals surface area contributed by atoms with Crippen LogP contribution in [0.25, 0.3) is 0 Å². The van der Waals surface area contributed by atoms with E-state index in [1.54, 1.807) is 80.6 Å². The van der Waals surface area contributed by atoms with Crippen LogP contribution in [0, 0.1) is 5.92 Å². The van der Waals surface area contributed by atoms with Gasteiger partial charge >= 0.3 is 12.1 Å². The maximum Gasteiger partial charge on any atom is 0.323 e. The van der Waals surface area contributed by atoms with Gasteiger partial charge in [0.15, 0.2) is 0 Å². The Morgan fingerprint density at radius 2 is 1.67 bits per heavy atom. The quantitative estimate of drug-likeness (QED) is 0.307. The smallest absolute Gasteiger partial charge is 0.323 e. The van der Waals surface area contributed by atoms with Crippen LogP contribution in [0.4, 0.5) is 26.7 Å². The Hall–Kier alpha value is -4.77. The van der Waals surface area contributed by atoms with E-state index in [-0.39, 0.29) is 36.6 Å². The van der Waals surface area contributed by atoms with E-state index in [1.165, 1.54) is 4.90 Å². The highest BCUT2D eigenvalue weighted by molar-refractivity contribution is 6.02. The summed E-state index contributed by atoms with van der Waals surface area (Å²) in [5.74, 6) is 0.504. The van der Waals surface area contributed by atoms with Gasteiger partial charge in [0.05, 0.1) is 31.9 Å². The van der Waals surface area contributed by atoms with E-state index < -0.39 is 18.2 Å². The van der Waals surface area contributed by atoms with Crippen molar-refractivity contribution in [2.45, 2.75) is 26.0 Å². The molecule has 0 aromatic heterocycles. The number of nitrogens with zero attached hydrogens (tertiary/aromatic N) is 2. The number of benzene rings is 3. The van der Waals surface area contributed by atoms with Crippen LogP contribution in [0.1, 0.15) is 24.2 Å². The Balaban J connectivity index is 1.53. The van der Waals surface area contributed by atoms with Gasteiger partial charge in [-0.05, 0) is 61.5 Å². The molecule has 3 aromatic rings. The molecular weight excluding hydrogens is 538 g/mol. The highest BCUT2D eigenvalue weighted by atomic mass is 16.5. The number of likely N-dealkylation sites (N-methyl/N-ethyl adjacent to an activating group) is 1. The second kappa shape index (κ2) is 13.7. The molecule has 5 amide bonds. The highest BCUT2D eigenvalue weighted by Crippen LogP contribution is 2.31. The van der Waals surface area contributed by atoms with Crippen LogP contribution >= 0.6 is 0 Å². The molecule has 222 valence electrons. The summed E-state index contributed by atoms with van der Waals surface area (Å²) in [5, 5.41) is 18.3. The molecule has 3 aromatic carbocycles. The van der Waals surface area contributed by atoms with Crippen molar-refractivity contribution < 1.29 is 29.0 Å². The van der Waals surface area contributed by atoms with Gasteiger partial charge in [0.25, 0.3) is 5.91 Å². The summed E-state index contributed by atoms with van der Waals surface area (Å²) in [6.07, 6.45) is -0.475. The molecule has 0 bridgehead atoms. The maximum atomic E-state index is 13.7. The summed E-state index contributed by atoms with van der Waals surface area (Å²) in [5.41, 5.74) is 1.89. The standard InChI is InChI=1S/C31H37N5O6/c1-20-17-36(21(2)19-37)29(38)26-16-24(33-30(39)32-22-8-6-5-7-9-22)12-15-27(26)42-28(20)18-35(3)31(40)34-23-10-13-25(41-4)14-11-23/h5-16,20-21,28,37H,17-19H2,1-4H3,(H,34,40)(H2,32,33,39)/t20-,21+,28+/m1/s1. The molecule has 1 aliphatic heterocycles. The molecule has 11 heteroatoms. The minimum atomic E-state index is -0.475. The first-order valence-electron chi connectivity index (χ1n) is 13.7. The number of urea groups is 2. The molecule has 1 aliphatic rings. The van der Waals surface area contributed by atoms with Crippen LogP contribution in [0.5, 0.6) is 11.5 Å². The van der Waals surface area contributed by atoms with Crippen molar-refractivity contribution in [2.24, 2.45) is 5.92 Å². The molecule has 0 saturated heterocycles. The number of para-hydroxylation sites is 1. The van der Waals surface area contributed by atoms with E-state index in [1.807, 2.05) is 25.1 Å². The number of anilines is 3. The number of fused-ring (bicyclic) bond motifs is 1. The fourth-order valence-electron chi connectivity index (χ4n) is 4.58. The van der Waals surface area contributed by atoms with Crippen molar-refractivity contribution in [1.29, 1.82) is 0 Å². The number of aliphatic hydroxyl groups excluding tert-OH is 1. The normalized spacial score (nSPS) is 17.1. The molecule has 4 N–H and O–H groups in total. The SMILES string of the molecule is COc1ccc(NC(=O)N(C)C[C@@H]2Oc3ccc(NC(=O)Nc4ccccc4)cc3C(=O)N([C@@H](C)CO)C[C@H]2C)cc1. The van der Waals surface area contributed by atoms with Crippen LogP contribution in [-0.2, 0) is 0 Å². The van der Waals surface area contributed by atoms with Crippen molar-refractivity contribution in [3.05, 3.63) is 78.4 Å². The molecule has 42 heavy (non-hydrogen) atoms. The number of carbonyl (C=O) groups is 3. The molecule has 11 nitrogen and oxygen atoms in total. The molecule has 0 radical (unpaired) electrons. The van der Waals surface area contributed by atoms with Gasteiger partial charge in [0, 0.05) is 36.6 Å². The first kappa shape index (κ1) is 30.2. The van der Waals surface area contributed by atoms with Gasteiger partial charge in [-0.2, -0.15) is 0 Å². The number of hydrogen-bond donors (Lipinski definition) is 4. The van der Waals surface area contributed by atoms with Gasteiger partial charge in [-0.1, -0.05) is 25.1 Å². The summed E-state index contributed by atoms with van der Waals surface area (Å²) in [6.45, 7) is 4.02. The second-order valence-corrected chi connectivity index (χ2v) is 10.3. The van der Waals surface area contributed by atoms with Gasteiger partial charge in [0.1, 0.15) is 17.6 Å². The number of nitrogens with one attached hydrogen (secondary N) is 3. The van der Waals surface area contributed by atoms with Crippen molar-refractivity contribution in [1.82, 2.24) is 9.80 Å². The molecular formula is C31H37N5O6. The topological polar surface area (TPSA) is 132 Å². The third kappa shape index (κ3) is 7.49. The average Bonchev–Trinajstić information content (AvgIpc) is 2.99. The molecule has 0 saturated carbocycles. The van der Waals surface area contributed by atoms with E-state index in [4.69, 9.17) is 9.47 Å². The Labute approximate surface area is 245 Å². The number of methoxy groups -OCH3 is 1. The summed E-state index contributed by atoms with van der Waals surface area (Å²) in [7, 11) is 3.25. The molecule has 4 rings (SSSR count). The fourth-order valence-corrected chi connectivity index (χ4v) is 4.58. The molecule has 0 fully saturated rings. The predicted molar refractivity (Wildman–Crippen MR) is 161 cm³/mol. The Kier molecular flexibility index (Phi) is 9.87. The third-order valence-electron chi connectivity index (χ3n) is 7.10. The zero-order valence-corrected chi connectivity index (χ0v) is 24.2. The maximum absolute atomic E-state index is 13.7. The molecule has 1 heterocycles. The van der Waals surface area contributed by atoms with Gasteiger partial charge in [0.2, 0.25) is 0 Å². The van der Waals surface area contributed by atoms with Crippen LogP contribution in [0.15, 0.2) is 72.8 Å². The number of hydrogen-bond acceptors (Lipinski definition) is 6. The Bertz CT molecular complexity index is 1380. The first-order valence-corrected chi connectivity index (χ1v) is 13.7. The van der Waals surface area contributed by atoms with Crippen molar-refractivity contribution in [2.75, 3.05) is 49.8 Å². The monoisotopic (exact) mass is 575 g/mol. The number of ether oxygens (including phenoxy) is 2. The average molecular weight is 576 g/mol. The number of amides is 5. The van der Waals surface area contributed by atoms with E-state index >= 15 is 0 Å². The summed E-state index contributed by atoms with van der Waals surface area (Å²) in [4.78, 5) is 42.4.